The molecule has 3 aromatic heterocycles. The van der Waals surface area contributed by atoms with E-state index >= 15 is 0 Å². The number of halogens is 1. The fraction of sp³-hybridized carbons (Fsp3) is 0.360. The minimum absolute atomic E-state index is 0.664. The Hall–Kier alpha value is -3.19. The largest absolute Gasteiger partial charge is 0.497 e. The SMILES string of the molecule is COc1ccc(-c2nn(CC3CC3)c(Cc3cc(-n4nc(C)c(Cl)c4C)ncn3)c2C)cc1. The van der Waals surface area contributed by atoms with Crippen LogP contribution in [0, 0.1) is 26.7 Å². The summed E-state index contributed by atoms with van der Waals surface area (Å²) in [6.07, 6.45) is 4.81. The number of nitrogens with zero attached hydrogens (tertiary/aromatic N) is 6. The van der Waals surface area contributed by atoms with Crippen molar-refractivity contribution in [1.29, 1.82) is 0 Å². The lowest BCUT2D eigenvalue weighted by atomic mass is 10.0. The molecule has 33 heavy (non-hydrogen) atoms. The van der Waals surface area contributed by atoms with Crippen molar-refractivity contribution in [2.45, 2.75) is 46.6 Å². The Morgan fingerprint density at radius 2 is 1.82 bits per heavy atom. The molecule has 1 fully saturated rings. The van der Waals surface area contributed by atoms with E-state index in [2.05, 4.69) is 38.8 Å². The van der Waals surface area contributed by atoms with Gasteiger partial charge in [0.15, 0.2) is 5.82 Å². The highest BCUT2D eigenvalue weighted by molar-refractivity contribution is 6.31. The molecule has 8 heteroatoms. The number of ether oxygens (including phenoxy) is 1. The highest BCUT2D eigenvalue weighted by Crippen LogP contribution is 2.34. The number of hydrogen-bond donors (Lipinski definition) is 0. The van der Waals surface area contributed by atoms with Gasteiger partial charge in [-0.05, 0) is 69.4 Å². The molecular weight excluding hydrogens is 436 g/mol. The van der Waals surface area contributed by atoms with Gasteiger partial charge in [0.2, 0.25) is 0 Å². The second kappa shape index (κ2) is 8.63. The molecule has 0 radical (unpaired) electrons. The van der Waals surface area contributed by atoms with Gasteiger partial charge in [0.1, 0.15) is 12.1 Å². The van der Waals surface area contributed by atoms with Crippen LogP contribution in [0.4, 0.5) is 0 Å². The van der Waals surface area contributed by atoms with E-state index in [-0.39, 0.29) is 0 Å². The first-order valence-corrected chi connectivity index (χ1v) is 11.6. The van der Waals surface area contributed by atoms with Gasteiger partial charge in [0.25, 0.3) is 0 Å². The summed E-state index contributed by atoms with van der Waals surface area (Å²) in [7, 11) is 1.68. The predicted octanol–water partition coefficient (Wildman–Crippen LogP) is 5.11. The molecule has 7 nitrogen and oxygen atoms in total. The average molecular weight is 463 g/mol. The van der Waals surface area contributed by atoms with Crippen LogP contribution >= 0.6 is 11.6 Å². The zero-order valence-electron chi connectivity index (χ0n) is 19.3. The second-order valence-corrected chi connectivity index (χ2v) is 9.09. The van der Waals surface area contributed by atoms with Gasteiger partial charge in [-0.1, -0.05) is 11.6 Å². The summed E-state index contributed by atoms with van der Waals surface area (Å²) in [5.74, 6) is 2.27. The number of aryl methyl sites for hydroxylation is 1. The topological polar surface area (TPSA) is 70.7 Å². The molecule has 0 bridgehead atoms. The lowest BCUT2D eigenvalue weighted by Crippen LogP contribution is -2.10. The first kappa shape index (κ1) is 21.6. The zero-order chi connectivity index (χ0) is 23.1. The molecular formula is C25H27ClN6O. The molecule has 170 valence electrons. The summed E-state index contributed by atoms with van der Waals surface area (Å²) in [5, 5.41) is 10.2. The van der Waals surface area contributed by atoms with Crippen LogP contribution in [0.5, 0.6) is 5.75 Å². The van der Waals surface area contributed by atoms with Crippen molar-refractivity contribution >= 4 is 11.6 Å². The van der Waals surface area contributed by atoms with Gasteiger partial charge in [0.05, 0.1) is 34.9 Å². The molecule has 5 rings (SSSR count). The van der Waals surface area contributed by atoms with E-state index in [1.807, 2.05) is 32.0 Å². The number of hydrogen-bond acceptors (Lipinski definition) is 5. The quantitative estimate of drug-likeness (QED) is 0.381. The molecule has 1 aromatic carbocycles. The van der Waals surface area contributed by atoms with E-state index in [0.29, 0.717) is 23.2 Å². The van der Waals surface area contributed by atoms with Crippen molar-refractivity contribution in [3.8, 4) is 22.8 Å². The Kier molecular flexibility index (Phi) is 5.66. The van der Waals surface area contributed by atoms with Crippen LogP contribution in [0.2, 0.25) is 5.02 Å². The Balaban J connectivity index is 1.51. The first-order valence-electron chi connectivity index (χ1n) is 11.2. The van der Waals surface area contributed by atoms with Crippen LogP contribution in [0.25, 0.3) is 17.1 Å². The Morgan fingerprint density at radius 1 is 1.06 bits per heavy atom. The molecule has 0 aliphatic heterocycles. The average Bonchev–Trinajstić information content (AvgIpc) is 3.56. The van der Waals surface area contributed by atoms with Crippen molar-refractivity contribution in [3.05, 3.63) is 70.0 Å². The Morgan fingerprint density at radius 3 is 2.45 bits per heavy atom. The highest BCUT2D eigenvalue weighted by Gasteiger charge is 2.25. The maximum absolute atomic E-state index is 6.35. The van der Waals surface area contributed by atoms with Crippen molar-refractivity contribution in [1.82, 2.24) is 29.5 Å². The van der Waals surface area contributed by atoms with Crippen LogP contribution in [0.15, 0.2) is 36.7 Å². The maximum atomic E-state index is 6.35. The van der Waals surface area contributed by atoms with Crippen molar-refractivity contribution in [2.75, 3.05) is 7.11 Å². The summed E-state index contributed by atoms with van der Waals surface area (Å²) in [6.45, 7) is 6.93. The van der Waals surface area contributed by atoms with Gasteiger partial charge in [-0.3, -0.25) is 4.68 Å². The van der Waals surface area contributed by atoms with Gasteiger partial charge in [-0.2, -0.15) is 10.2 Å². The summed E-state index contributed by atoms with van der Waals surface area (Å²) in [6, 6.07) is 10.1. The van der Waals surface area contributed by atoms with Gasteiger partial charge >= 0.3 is 0 Å². The smallest absolute Gasteiger partial charge is 0.157 e. The number of methoxy groups -OCH3 is 1. The van der Waals surface area contributed by atoms with Crippen molar-refractivity contribution in [3.63, 3.8) is 0 Å². The van der Waals surface area contributed by atoms with Crippen LogP contribution in [-0.2, 0) is 13.0 Å². The van der Waals surface area contributed by atoms with E-state index < -0.39 is 0 Å². The summed E-state index contributed by atoms with van der Waals surface area (Å²) >= 11 is 6.35. The Bertz CT molecular complexity index is 1300. The third-order valence-electron chi connectivity index (χ3n) is 6.29. The third-order valence-corrected chi connectivity index (χ3v) is 6.84. The number of aromatic nitrogens is 6. The zero-order valence-corrected chi connectivity index (χ0v) is 20.1. The van der Waals surface area contributed by atoms with Crippen molar-refractivity contribution < 1.29 is 4.74 Å². The minimum atomic E-state index is 0.664. The molecule has 0 unspecified atom stereocenters. The Labute approximate surface area is 198 Å². The second-order valence-electron chi connectivity index (χ2n) is 8.72. The van der Waals surface area contributed by atoms with Crippen LogP contribution in [0.3, 0.4) is 0 Å². The van der Waals surface area contributed by atoms with E-state index in [1.54, 1.807) is 18.1 Å². The standard InChI is InChI=1S/C25H27ClN6O/c1-15-22(11-20-12-23(28-14-27-20)32-17(3)24(26)16(2)29-32)31(13-18-5-6-18)30-25(15)19-7-9-21(33-4)10-8-19/h7-10,12,14,18H,5-6,11,13H2,1-4H3. The predicted molar refractivity (Wildman–Crippen MR) is 128 cm³/mol. The van der Waals surface area contributed by atoms with Gasteiger partial charge < -0.3 is 4.74 Å². The van der Waals surface area contributed by atoms with E-state index in [0.717, 1.165) is 40.6 Å². The highest BCUT2D eigenvalue weighted by atomic mass is 35.5. The van der Waals surface area contributed by atoms with E-state index in [9.17, 15) is 0 Å². The van der Waals surface area contributed by atoms with Crippen LogP contribution in [0.1, 0.15) is 41.2 Å². The molecule has 0 atom stereocenters. The van der Waals surface area contributed by atoms with Crippen molar-refractivity contribution in [2.24, 2.45) is 5.92 Å². The third kappa shape index (κ3) is 4.25. The lowest BCUT2D eigenvalue weighted by Gasteiger charge is -2.09. The molecule has 0 N–H and O–H groups in total. The first-order chi connectivity index (χ1) is 15.9. The molecule has 1 aliphatic rings. The molecule has 1 saturated carbocycles. The molecule has 1 aliphatic carbocycles. The summed E-state index contributed by atoms with van der Waals surface area (Å²) < 4.78 is 9.27. The molecule has 3 heterocycles. The van der Waals surface area contributed by atoms with E-state index in [4.69, 9.17) is 21.4 Å². The molecule has 0 saturated heterocycles. The monoisotopic (exact) mass is 462 g/mol. The minimum Gasteiger partial charge on any atom is -0.497 e. The van der Waals surface area contributed by atoms with Gasteiger partial charge in [-0.25, -0.2) is 14.6 Å². The van der Waals surface area contributed by atoms with Gasteiger partial charge in [0, 0.05) is 30.3 Å². The number of benzene rings is 1. The van der Waals surface area contributed by atoms with Crippen LogP contribution in [-0.4, -0.2) is 36.6 Å². The lowest BCUT2D eigenvalue weighted by molar-refractivity contribution is 0.415. The number of rotatable bonds is 7. The fourth-order valence-electron chi connectivity index (χ4n) is 4.15. The normalized spacial score (nSPS) is 13.5. The van der Waals surface area contributed by atoms with Gasteiger partial charge in [-0.15, -0.1) is 0 Å². The fourth-order valence-corrected chi connectivity index (χ4v) is 4.26. The van der Waals surface area contributed by atoms with Crippen LogP contribution < -0.4 is 4.74 Å². The maximum Gasteiger partial charge on any atom is 0.157 e. The molecule has 0 amide bonds. The summed E-state index contributed by atoms with van der Waals surface area (Å²) in [5.41, 5.74) is 7.04. The van der Waals surface area contributed by atoms with E-state index in [1.165, 1.54) is 24.1 Å². The molecule has 0 spiro atoms. The summed E-state index contributed by atoms with van der Waals surface area (Å²) in [4.78, 5) is 8.99. The molecule has 4 aromatic rings.